The Balaban J connectivity index is 0.00000256. The van der Waals surface area contributed by atoms with Gasteiger partial charge in [-0.3, -0.25) is 4.79 Å². The van der Waals surface area contributed by atoms with Gasteiger partial charge in [-0.25, -0.2) is 4.79 Å². The zero-order valence-electron chi connectivity index (χ0n) is 9.15. The largest absolute Gasteiger partial charge is 0.445 e. The number of hydrogen-bond donors (Lipinski definition) is 1. The number of carbonyl (C=O) groups is 2. The predicted molar refractivity (Wildman–Crippen MR) is 59.1 cm³/mol. The molecule has 0 aliphatic rings. The standard InChI is InChI=1S/C11H13NO4.H2/c1-8(13)16-10-5-3-9(4-6-10)7-15-11(14)12-2;/h3-6H,7H2,1-2H3,(H,12,14);1H. The third-order valence-corrected chi connectivity index (χ3v) is 1.76. The summed E-state index contributed by atoms with van der Waals surface area (Å²) in [6.07, 6.45) is -0.482. The number of ether oxygens (including phenoxy) is 2. The van der Waals surface area contributed by atoms with Crippen LogP contribution in [0.25, 0.3) is 0 Å². The van der Waals surface area contributed by atoms with Gasteiger partial charge in [-0.1, -0.05) is 12.1 Å². The minimum absolute atomic E-state index is 0. The van der Waals surface area contributed by atoms with Gasteiger partial charge in [0.2, 0.25) is 0 Å². The van der Waals surface area contributed by atoms with Crippen molar-refractivity contribution in [2.24, 2.45) is 0 Å². The average Bonchev–Trinajstić information content (AvgIpc) is 2.27. The molecule has 5 heteroatoms. The molecule has 0 spiro atoms. The van der Waals surface area contributed by atoms with Crippen LogP contribution in [0, 0.1) is 0 Å². The lowest BCUT2D eigenvalue weighted by atomic mass is 10.2. The molecular weight excluding hydrogens is 210 g/mol. The van der Waals surface area contributed by atoms with E-state index in [4.69, 9.17) is 9.47 Å². The molecule has 0 aromatic heterocycles. The van der Waals surface area contributed by atoms with E-state index in [0.29, 0.717) is 5.75 Å². The van der Waals surface area contributed by atoms with E-state index in [9.17, 15) is 9.59 Å². The average molecular weight is 225 g/mol. The molecule has 5 nitrogen and oxygen atoms in total. The quantitative estimate of drug-likeness (QED) is 0.628. The molecule has 0 heterocycles. The summed E-state index contributed by atoms with van der Waals surface area (Å²) in [6, 6.07) is 6.73. The molecule has 1 amide bonds. The molecule has 0 aliphatic heterocycles. The number of hydrogen-bond acceptors (Lipinski definition) is 4. The molecular formula is C11H15NO4. The summed E-state index contributed by atoms with van der Waals surface area (Å²) in [5, 5.41) is 2.34. The molecule has 0 saturated carbocycles. The molecule has 0 bridgehead atoms. The van der Waals surface area contributed by atoms with Crippen LogP contribution in [0.5, 0.6) is 5.75 Å². The van der Waals surface area contributed by atoms with Gasteiger partial charge >= 0.3 is 12.1 Å². The van der Waals surface area contributed by atoms with E-state index in [1.165, 1.54) is 14.0 Å². The maximum absolute atomic E-state index is 10.8. The van der Waals surface area contributed by atoms with Crippen molar-refractivity contribution in [1.82, 2.24) is 5.32 Å². The van der Waals surface area contributed by atoms with Gasteiger partial charge in [-0.05, 0) is 17.7 Å². The highest BCUT2D eigenvalue weighted by Gasteiger charge is 2.01. The van der Waals surface area contributed by atoms with Crippen molar-refractivity contribution in [3.05, 3.63) is 29.8 Å². The molecule has 0 atom stereocenters. The summed E-state index contributed by atoms with van der Waals surface area (Å²) in [5.41, 5.74) is 0.819. The summed E-state index contributed by atoms with van der Waals surface area (Å²) in [5.74, 6) is 0.102. The zero-order chi connectivity index (χ0) is 12.0. The molecule has 1 aromatic carbocycles. The monoisotopic (exact) mass is 225 g/mol. The lowest BCUT2D eigenvalue weighted by Crippen LogP contribution is -2.18. The van der Waals surface area contributed by atoms with Crippen LogP contribution in [-0.2, 0) is 16.1 Å². The van der Waals surface area contributed by atoms with E-state index in [0.717, 1.165) is 5.56 Å². The second-order valence-electron chi connectivity index (χ2n) is 3.06. The van der Waals surface area contributed by atoms with Crippen LogP contribution >= 0.6 is 0 Å². The number of alkyl carbamates (subject to hydrolysis) is 1. The SMILES string of the molecule is CNC(=O)OCc1ccc(OC(C)=O)cc1.[HH]. The van der Waals surface area contributed by atoms with Gasteiger partial charge in [-0.2, -0.15) is 0 Å². The first-order valence-electron chi connectivity index (χ1n) is 4.73. The molecule has 0 unspecified atom stereocenters. The van der Waals surface area contributed by atoms with Gasteiger partial charge in [0.1, 0.15) is 12.4 Å². The van der Waals surface area contributed by atoms with Crippen LogP contribution < -0.4 is 10.1 Å². The van der Waals surface area contributed by atoms with Crippen molar-refractivity contribution in [3.63, 3.8) is 0 Å². The van der Waals surface area contributed by atoms with Crippen molar-refractivity contribution < 1.29 is 20.5 Å². The van der Waals surface area contributed by atoms with Gasteiger partial charge in [-0.15, -0.1) is 0 Å². The third-order valence-electron chi connectivity index (χ3n) is 1.76. The Morgan fingerprint density at radius 3 is 2.44 bits per heavy atom. The number of benzene rings is 1. The lowest BCUT2D eigenvalue weighted by Gasteiger charge is -2.05. The normalized spacial score (nSPS) is 9.38. The summed E-state index contributed by atoms with van der Waals surface area (Å²) < 4.78 is 9.70. The molecule has 16 heavy (non-hydrogen) atoms. The fraction of sp³-hybridized carbons (Fsp3) is 0.273. The minimum atomic E-state index is -0.482. The van der Waals surface area contributed by atoms with Gasteiger partial charge in [0.05, 0.1) is 0 Å². The van der Waals surface area contributed by atoms with E-state index in [-0.39, 0.29) is 14.0 Å². The van der Waals surface area contributed by atoms with Crippen LogP contribution in [0.1, 0.15) is 13.9 Å². The fourth-order valence-electron chi connectivity index (χ4n) is 1.04. The topological polar surface area (TPSA) is 64.6 Å². The Morgan fingerprint density at radius 2 is 1.94 bits per heavy atom. The highest BCUT2D eigenvalue weighted by molar-refractivity contribution is 5.69. The van der Waals surface area contributed by atoms with Gasteiger partial charge in [0.25, 0.3) is 0 Å². The smallest absolute Gasteiger partial charge is 0.407 e. The number of nitrogens with one attached hydrogen (secondary N) is 1. The number of rotatable bonds is 3. The van der Waals surface area contributed by atoms with Crippen LogP contribution in [0.15, 0.2) is 24.3 Å². The molecule has 0 saturated heterocycles. The van der Waals surface area contributed by atoms with Crippen molar-refractivity contribution in [3.8, 4) is 5.75 Å². The summed E-state index contributed by atoms with van der Waals surface area (Å²) >= 11 is 0. The van der Waals surface area contributed by atoms with Crippen molar-refractivity contribution in [2.75, 3.05) is 7.05 Å². The molecule has 1 rings (SSSR count). The van der Waals surface area contributed by atoms with E-state index in [1.54, 1.807) is 24.3 Å². The van der Waals surface area contributed by atoms with Gasteiger partial charge in [0.15, 0.2) is 0 Å². The second kappa shape index (κ2) is 5.75. The highest BCUT2D eigenvalue weighted by atomic mass is 16.5. The number of esters is 1. The molecule has 0 radical (unpaired) electrons. The Bertz CT molecular complexity index is 378. The second-order valence-corrected chi connectivity index (χ2v) is 3.06. The first kappa shape index (κ1) is 12.0. The number of amides is 1. The Labute approximate surface area is 94.8 Å². The van der Waals surface area contributed by atoms with Gasteiger partial charge < -0.3 is 14.8 Å². The van der Waals surface area contributed by atoms with Crippen LogP contribution in [-0.4, -0.2) is 19.1 Å². The van der Waals surface area contributed by atoms with Crippen molar-refractivity contribution in [1.29, 1.82) is 0 Å². The third kappa shape index (κ3) is 4.00. The molecule has 1 aromatic rings. The maximum Gasteiger partial charge on any atom is 0.407 e. The van der Waals surface area contributed by atoms with Crippen molar-refractivity contribution >= 4 is 12.1 Å². The predicted octanol–water partition coefficient (Wildman–Crippen LogP) is 1.71. The summed E-state index contributed by atoms with van der Waals surface area (Å²) in [4.78, 5) is 21.4. The first-order chi connectivity index (χ1) is 7.61. The first-order valence-corrected chi connectivity index (χ1v) is 4.73. The molecule has 0 fully saturated rings. The minimum Gasteiger partial charge on any atom is -0.445 e. The zero-order valence-corrected chi connectivity index (χ0v) is 9.15. The van der Waals surface area contributed by atoms with Crippen LogP contribution in [0.2, 0.25) is 0 Å². The van der Waals surface area contributed by atoms with E-state index < -0.39 is 6.09 Å². The summed E-state index contributed by atoms with van der Waals surface area (Å²) in [7, 11) is 1.49. The molecule has 1 N–H and O–H groups in total. The van der Waals surface area contributed by atoms with E-state index >= 15 is 0 Å². The van der Waals surface area contributed by atoms with Gasteiger partial charge in [0, 0.05) is 15.4 Å². The molecule has 0 aliphatic carbocycles. The van der Waals surface area contributed by atoms with E-state index in [1.807, 2.05) is 0 Å². The maximum atomic E-state index is 10.8. The fourth-order valence-corrected chi connectivity index (χ4v) is 1.04. The Kier molecular flexibility index (Phi) is 4.32. The lowest BCUT2D eigenvalue weighted by molar-refractivity contribution is -0.131. The highest BCUT2D eigenvalue weighted by Crippen LogP contribution is 2.12. The Morgan fingerprint density at radius 1 is 1.31 bits per heavy atom. The van der Waals surface area contributed by atoms with E-state index in [2.05, 4.69) is 5.32 Å². The Hall–Kier alpha value is -2.04. The number of carbonyl (C=O) groups excluding carboxylic acids is 2. The van der Waals surface area contributed by atoms with Crippen LogP contribution in [0.3, 0.4) is 0 Å². The van der Waals surface area contributed by atoms with Crippen molar-refractivity contribution in [2.45, 2.75) is 13.5 Å². The summed E-state index contributed by atoms with van der Waals surface area (Å²) in [6.45, 7) is 1.52. The van der Waals surface area contributed by atoms with Crippen LogP contribution in [0.4, 0.5) is 4.79 Å². The molecule has 88 valence electrons.